The van der Waals surface area contributed by atoms with Crippen molar-refractivity contribution >= 4 is 34.3 Å². The van der Waals surface area contributed by atoms with Crippen LogP contribution in [0, 0.1) is 0 Å². The molecule has 1 aromatic carbocycles. The van der Waals surface area contributed by atoms with Crippen LogP contribution in [0.4, 0.5) is 0 Å². The molecule has 0 N–H and O–H groups in total. The Kier molecular flexibility index (Phi) is 5.04. The molecule has 0 saturated carbocycles. The number of rotatable bonds is 6. The summed E-state index contributed by atoms with van der Waals surface area (Å²) in [7, 11) is 0. The first kappa shape index (κ1) is 14.7. The van der Waals surface area contributed by atoms with Crippen molar-refractivity contribution in [3.63, 3.8) is 0 Å². The molecule has 0 aliphatic heterocycles. The van der Waals surface area contributed by atoms with E-state index in [4.69, 9.17) is 16.3 Å². The minimum atomic E-state index is 0.452. The monoisotopic (exact) mass is 335 g/mol. The van der Waals surface area contributed by atoms with Gasteiger partial charge in [0.2, 0.25) is 0 Å². The van der Waals surface area contributed by atoms with Gasteiger partial charge in [-0.3, -0.25) is 0 Å². The van der Waals surface area contributed by atoms with Gasteiger partial charge in [-0.1, -0.05) is 30.3 Å². The van der Waals surface area contributed by atoms with Crippen LogP contribution in [0.3, 0.4) is 0 Å². The molecule has 0 bridgehead atoms. The van der Waals surface area contributed by atoms with Crippen molar-refractivity contribution < 1.29 is 4.74 Å². The molecule has 0 fully saturated rings. The first-order valence-corrected chi connectivity index (χ1v) is 8.85. The SMILES string of the molecule is ClCc1csc(-c2ccccc2COCc2cccs2)n1. The number of alkyl halides is 1. The molecule has 2 aromatic heterocycles. The van der Waals surface area contributed by atoms with Crippen molar-refractivity contribution in [1.29, 1.82) is 0 Å². The van der Waals surface area contributed by atoms with Crippen LogP contribution >= 0.6 is 34.3 Å². The average Bonchev–Trinajstić information content (AvgIpc) is 3.19. The lowest BCUT2D eigenvalue weighted by Crippen LogP contribution is -1.95. The Labute approximate surface area is 137 Å². The van der Waals surface area contributed by atoms with Crippen molar-refractivity contribution in [2.24, 2.45) is 0 Å². The van der Waals surface area contributed by atoms with Gasteiger partial charge in [0.25, 0.3) is 0 Å². The predicted molar refractivity (Wildman–Crippen MR) is 89.9 cm³/mol. The highest BCUT2D eigenvalue weighted by Crippen LogP contribution is 2.28. The normalized spacial score (nSPS) is 10.9. The minimum absolute atomic E-state index is 0.452. The van der Waals surface area contributed by atoms with Crippen LogP contribution in [-0.4, -0.2) is 4.98 Å². The van der Waals surface area contributed by atoms with Crippen LogP contribution in [0.2, 0.25) is 0 Å². The number of thiophene rings is 1. The first-order valence-electron chi connectivity index (χ1n) is 6.55. The minimum Gasteiger partial charge on any atom is -0.371 e. The maximum absolute atomic E-state index is 5.83. The molecule has 21 heavy (non-hydrogen) atoms. The zero-order chi connectivity index (χ0) is 14.5. The third-order valence-corrected chi connectivity index (χ3v) is 5.07. The lowest BCUT2D eigenvalue weighted by molar-refractivity contribution is 0.109. The van der Waals surface area contributed by atoms with Crippen molar-refractivity contribution in [1.82, 2.24) is 4.98 Å². The second-order valence-electron chi connectivity index (χ2n) is 4.51. The summed E-state index contributed by atoms with van der Waals surface area (Å²) >= 11 is 9.17. The zero-order valence-corrected chi connectivity index (χ0v) is 13.7. The Morgan fingerprint density at radius 3 is 2.71 bits per heavy atom. The van der Waals surface area contributed by atoms with Crippen LogP contribution < -0.4 is 0 Å². The van der Waals surface area contributed by atoms with Crippen molar-refractivity contribution in [2.45, 2.75) is 19.1 Å². The Morgan fingerprint density at radius 1 is 1.05 bits per heavy atom. The van der Waals surface area contributed by atoms with E-state index in [-0.39, 0.29) is 0 Å². The van der Waals surface area contributed by atoms with Gasteiger partial charge in [-0.2, -0.15) is 0 Å². The van der Waals surface area contributed by atoms with Crippen molar-refractivity contribution in [3.8, 4) is 10.6 Å². The lowest BCUT2D eigenvalue weighted by Gasteiger charge is -2.07. The van der Waals surface area contributed by atoms with Crippen LogP contribution in [0.15, 0.2) is 47.2 Å². The van der Waals surface area contributed by atoms with Gasteiger partial charge < -0.3 is 4.74 Å². The second kappa shape index (κ2) is 7.18. The highest BCUT2D eigenvalue weighted by Gasteiger charge is 2.09. The van der Waals surface area contributed by atoms with E-state index >= 15 is 0 Å². The summed E-state index contributed by atoms with van der Waals surface area (Å²) in [6.45, 7) is 1.24. The molecule has 0 spiro atoms. The van der Waals surface area contributed by atoms with Crippen molar-refractivity contribution in [3.05, 3.63) is 63.3 Å². The quantitative estimate of drug-likeness (QED) is 0.568. The molecule has 0 atom stereocenters. The van der Waals surface area contributed by atoms with Gasteiger partial charge in [-0.15, -0.1) is 34.3 Å². The molecule has 3 rings (SSSR count). The van der Waals surface area contributed by atoms with Crippen LogP contribution in [-0.2, 0) is 23.8 Å². The maximum Gasteiger partial charge on any atom is 0.124 e. The summed E-state index contributed by atoms with van der Waals surface area (Å²) in [5.41, 5.74) is 3.21. The number of thiazole rings is 1. The van der Waals surface area contributed by atoms with Crippen molar-refractivity contribution in [2.75, 3.05) is 0 Å². The predicted octanol–water partition coefficient (Wildman–Crippen LogP) is 5.33. The number of benzene rings is 1. The van der Waals surface area contributed by atoms with E-state index in [9.17, 15) is 0 Å². The molecule has 0 amide bonds. The molecule has 0 radical (unpaired) electrons. The van der Waals surface area contributed by atoms with E-state index in [0.29, 0.717) is 19.1 Å². The van der Waals surface area contributed by atoms with Crippen LogP contribution in [0.1, 0.15) is 16.1 Å². The second-order valence-corrected chi connectivity index (χ2v) is 6.66. The number of aromatic nitrogens is 1. The van der Waals surface area contributed by atoms with E-state index in [1.165, 1.54) is 4.88 Å². The first-order chi connectivity index (χ1) is 10.4. The summed E-state index contributed by atoms with van der Waals surface area (Å²) in [6.07, 6.45) is 0. The molecule has 108 valence electrons. The summed E-state index contributed by atoms with van der Waals surface area (Å²) in [4.78, 5) is 5.79. The summed E-state index contributed by atoms with van der Waals surface area (Å²) in [6, 6.07) is 12.4. The molecule has 0 aliphatic carbocycles. The Balaban J connectivity index is 1.73. The summed E-state index contributed by atoms with van der Waals surface area (Å²) in [5.74, 6) is 0.452. The molecule has 2 nitrogen and oxygen atoms in total. The van der Waals surface area contributed by atoms with Crippen LogP contribution in [0.5, 0.6) is 0 Å². The number of hydrogen-bond acceptors (Lipinski definition) is 4. The van der Waals surface area contributed by atoms with E-state index in [2.05, 4.69) is 28.6 Å². The molecule has 5 heteroatoms. The largest absolute Gasteiger partial charge is 0.371 e. The summed E-state index contributed by atoms with van der Waals surface area (Å²) < 4.78 is 5.82. The van der Waals surface area contributed by atoms with Gasteiger partial charge in [0.1, 0.15) is 5.01 Å². The van der Waals surface area contributed by atoms with Crippen LogP contribution in [0.25, 0.3) is 10.6 Å². The fourth-order valence-electron chi connectivity index (χ4n) is 2.00. The zero-order valence-electron chi connectivity index (χ0n) is 11.3. The third kappa shape index (κ3) is 3.71. The molecular formula is C16H14ClNOS2. The number of hydrogen-bond donors (Lipinski definition) is 0. The van der Waals surface area contributed by atoms with Gasteiger partial charge >= 0.3 is 0 Å². The molecular weight excluding hydrogens is 322 g/mol. The maximum atomic E-state index is 5.83. The Bertz CT molecular complexity index is 694. The van der Waals surface area contributed by atoms with Gasteiger partial charge in [0, 0.05) is 15.8 Å². The Morgan fingerprint density at radius 2 is 1.95 bits per heavy atom. The van der Waals surface area contributed by atoms with Gasteiger partial charge in [-0.25, -0.2) is 4.98 Å². The fraction of sp³-hybridized carbons (Fsp3) is 0.188. The molecule has 0 aliphatic rings. The van der Waals surface area contributed by atoms with E-state index in [1.54, 1.807) is 22.7 Å². The van der Waals surface area contributed by atoms with Gasteiger partial charge in [-0.05, 0) is 17.0 Å². The molecule has 0 unspecified atom stereocenters. The average molecular weight is 336 g/mol. The number of nitrogens with zero attached hydrogens (tertiary/aromatic N) is 1. The highest BCUT2D eigenvalue weighted by molar-refractivity contribution is 7.13. The number of halogens is 1. The fourth-order valence-corrected chi connectivity index (χ4v) is 3.75. The smallest absolute Gasteiger partial charge is 0.124 e. The molecule has 0 saturated heterocycles. The third-order valence-electron chi connectivity index (χ3n) is 3.02. The lowest BCUT2D eigenvalue weighted by atomic mass is 10.1. The number of ether oxygens (including phenoxy) is 1. The highest BCUT2D eigenvalue weighted by atomic mass is 35.5. The summed E-state index contributed by atoms with van der Waals surface area (Å²) in [5, 5.41) is 5.07. The standard InChI is InChI=1S/C16H14ClNOS2/c17-8-13-11-21-16(18-13)15-6-2-1-4-12(15)9-19-10-14-5-3-7-20-14/h1-7,11H,8-10H2. The van der Waals surface area contributed by atoms with E-state index < -0.39 is 0 Å². The van der Waals surface area contributed by atoms with E-state index in [1.807, 2.05) is 23.6 Å². The Hall–Kier alpha value is -1.20. The van der Waals surface area contributed by atoms with Gasteiger partial charge in [0.15, 0.2) is 0 Å². The van der Waals surface area contributed by atoms with E-state index in [0.717, 1.165) is 21.8 Å². The van der Waals surface area contributed by atoms with Gasteiger partial charge in [0.05, 0.1) is 24.8 Å². The molecule has 3 aromatic rings. The molecule has 2 heterocycles. The topological polar surface area (TPSA) is 22.1 Å².